The van der Waals surface area contributed by atoms with Crippen molar-refractivity contribution in [2.24, 2.45) is 5.41 Å². The molecule has 0 saturated carbocycles. The molecule has 0 spiro atoms. The third-order valence-electron chi connectivity index (χ3n) is 5.86. The molecule has 0 atom stereocenters. The summed E-state index contributed by atoms with van der Waals surface area (Å²) < 4.78 is 11.1. The summed E-state index contributed by atoms with van der Waals surface area (Å²) in [7, 11) is 0. The Morgan fingerprint density at radius 3 is 1.46 bits per heavy atom. The highest BCUT2D eigenvalue weighted by Crippen LogP contribution is 2.34. The lowest BCUT2D eigenvalue weighted by atomic mass is 9.81. The van der Waals surface area contributed by atoms with Gasteiger partial charge in [0.15, 0.2) is 0 Å². The van der Waals surface area contributed by atoms with Crippen LogP contribution in [0.25, 0.3) is 5.57 Å². The minimum Gasteiger partial charge on any atom is -0.493 e. The summed E-state index contributed by atoms with van der Waals surface area (Å²) in [6.45, 7) is 1.65. The van der Waals surface area contributed by atoms with Crippen molar-refractivity contribution in [3.8, 4) is 11.5 Å². The van der Waals surface area contributed by atoms with E-state index in [0.29, 0.717) is 11.5 Å². The van der Waals surface area contributed by atoms with E-state index in [2.05, 4.69) is 35.8 Å². The highest BCUT2D eigenvalue weighted by atomic mass is 16.5. The van der Waals surface area contributed by atoms with Gasteiger partial charge in [0.2, 0.25) is 0 Å². The van der Waals surface area contributed by atoms with E-state index in [9.17, 15) is 9.59 Å². The number of allylic oxidation sites excluding steroid dienone is 3. The number of quaternary nitrogens is 2. The topological polar surface area (TPSA) is 148 Å². The molecule has 8 N–H and O–H groups in total. The molecule has 0 amide bonds. The molecule has 1 aliphatic carbocycles. The van der Waals surface area contributed by atoms with Crippen LogP contribution in [0.4, 0.5) is 0 Å². The molecule has 2 aromatic carbocycles. The Labute approximate surface area is 204 Å². The average Bonchev–Trinajstić information content (AvgIpc) is 2.86. The molecule has 8 heteroatoms. The van der Waals surface area contributed by atoms with Crippen molar-refractivity contribution in [2.45, 2.75) is 12.8 Å². The lowest BCUT2D eigenvalue weighted by Gasteiger charge is -2.23. The Balaban J connectivity index is 1.91. The Hall–Kier alpha value is -3.88. The summed E-state index contributed by atoms with van der Waals surface area (Å²) in [6.07, 6.45) is 8.37. The van der Waals surface area contributed by atoms with Gasteiger partial charge in [-0.25, -0.2) is 0 Å². The van der Waals surface area contributed by atoms with E-state index < -0.39 is 11.9 Å². The third kappa shape index (κ3) is 7.05. The first-order chi connectivity index (χ1) is 16.9. The van der Waals surface area contributed by atoms with Crippen LogP contribution >= 0.6 is 0 Å². The Morgan fingerprint density at radius 1 is 0.714 bits per heavy atom. The van der Waals surface area contributed by atoms with E-state index in [4.69, 9.17) is 19.7 Å². The second kappa shape index (κ2) is 12.0. The zero-order valence-corrected chi connectivity index (χ0v) is 19.6. The van der Waals surface area contributed by atoms with Crippen LogP contribution in [-0.2, 0) is 9.59 Å². The average molecular weight is 481 g/mol. The minimum atomic E-state index is -0.902. The van der Waals surface area contributed by atoms with Gasteiger partial charge in [-0.2, -0.15) is 0 Å². The van der Waals surface area contributed by atoms with Gasteiger partial charge >= 0.3 is 11.9 Å². The van der Waals surface area contributed by atoms with Crippen molar-refractivity contribution in [3.63, 3.8) is 0 Å². The summed E-state index contributed by atoms with van der Waals surface area (Å²) in [5.41, 5.74) is 12.0. The lowest BCUT2D eigenvalue weighted by molar-refractivity contribution is -0.429. The number of carbonyl (C=O) groups is 2. The molecule has 1 aliphatic rings. The number of carboxylic acids is 2. The highest BCUT2D eigenvalue weighted by molar-refractivity contribution is 5.86. The molecular weight excluding hydrogens is 448 g/mol. The third-order valence-corrected chi connectivity index (χ3v) is 5.86. The van der Waals surface area contributed by atoms with Crippen LogP contribution in [0, 0.1) is 5.41 Å². The van der Waals surface area contributed by atoms with Gasteiger partial charge in [0.05, 0.1) is 39.1 Å². The Bertz CT molecular complexity index is 1030. The standard InChI is InChI=1S/C27H30N2O6/c28-17-27(18-29)13-9-21(10-14-27)26(19-1-5-22(6-2-19)34-15-11-24(30)31)20-3-7-23(8-4-20)35-16-12-25(32)33/h1-10,13-14H,11-12,15-18,28-29H2,(H,30,31)(H,32,33)/p+2. The monoisotopic (exact) mass is 480 g/mol. The number of hydrogen-bond acceptors (Lipinski definition) is 4. The fourth-order valence-corrected chi connectivity index (χ4v) is 3.70. The number of ether oxygens (including phenoxy) is 2. The second-order valence-electron chi connectivity index (χ2n) is 8.26. The quantitative estimate of drug-likeness (QED) is 0.364. The molecular formula is C27H32N2O6+2. The predicted molar refractivity (Wildman–Crippen MR) is 131 cm³/mol. The maximum atomic E-state index is 10.7. The molecule has 0 fully saturated rings. The van der Waals surface area contributed by atoms with E-state index >= 15 is 0 Å². The van der Waals surface area contributed by atoms with Crippen molar-refractivity contribution in [1.82, 2.24) is 0 Å². The first-order valence-electron chi connectivity index (χ1n) is 11.5. The van der Waals surface area contributed by atoms with Crippen molar-refractivity contribution >= 4 is 17.5 Å². The van der Waals surface area contributed by atoms with Gasteiger partial charge in [0.25, 0.3) is 0 Å². The van der Waals surface area contributed by atoms with Gasteiger partial charge in [0, 0.05) is 0 Å². The van der Waals surface area contributed by atoms with Gasteiger partial charge in [0.1, 0.15) is 16.9 Å². The van der Waals surface area contributed by atoms with Gasteiger partial charge in [-0.1, -0.05) is 48.6 Å². The van der Waals surface area contributed by atoms with Crippen molar-refractivity contribution in [3.05, 3.63) is 89.5 Å². The summed E-state index contributed by atoms with van der Waals surface area (Å²) in [5, 5.41) is 17.6. The summed E-state index contributed by atoms with van der Waals surface area (Å²) >= 11 is 0. The molecule has 3 rings (SSSR count). The summed E-state index contributed by atoms with van der Waals surface area (Å²) in [5.74, 6) is -0.602. The van der Waals surface area contributed by atoms with E-state index in [0.717, 1.165) is 35.4 Å². The van der Waals surface area contributed by atoms with E-state index in [-0.39, 0.29) is 31.5 Å². The molecule has 0 bridgehead atoms. The van der Waals surface area contributed by atoms with Crippen LogP contribution in [0.3, 0.4) is 0 Å². The van der Waals surface area contributed by atoms with Gasteiger partial charge < -0.3 is 31.2 Å². The Morgan fingerprint density at radius 2 is 1.11 bits per heavy atom. The molecule has 0 unspecified atom stereocenters. The van der Waals surface area contributed by atoms with Crippen LogP contribution < -0.4 is 20.9 Å². The predicted octanol–water partition coefficient (Wildman–Crippen LogP) is 1.79. The minimum absolute atomic E-state index is 0.0617. The van der Waals surface area contributed by atoms with Crippen LogP contribution in [0.1, 0.15) is 24.0 Å². The molecule has 0 aliphatic heterocycles. The van der Waals surface area contributed by atoms with Gasteiger partial charge in [-0.15, -0.1) is 0 Å². The van der Waals surface area contributed by atoms with Crippen molar-refractivity contribution < 1.29 is 40.7 Å². The summed E-state index contributed by atoms with van der Waals surface area (Å²) in [6, 6.07) is 15.1. The number of aliphatic carboxylic acids is 2. The number of hydrogen-bond donors (Lipinski definition) is 4. The smallest absolute Gasteiger partial charge is 0.306 e. The zero-order chi connectivity index (χ0) is 25.3. The first kappa shape index (κ1) is 25.7. The van der Waals surface area contributed by atoms with Gasteiger partial charge in [-0.3, -0.25) is 9.59 Å². The van der Waals surface area contributed by atoms with Crippen LogP contribution in [0.15, 0.2) is 78.4 Å². The highest BCUT2D eigenvalue weighted by Gasteiger charge is 2.28. The van der Waals surface area contributed by atoms with Gasteiger partial charge in [-0.05, 0) is 46.5 Å². The SMILES string of the molecule is [NH3+]CC1(C[NH3+])C=CC(=C(c2ccc(OCCC(=O)O)cc2)c2ccc(OCCC(=O)O)cc2)C=C1. The molecule has 35 heavy (non-hydrogen) atoms. The van der Waals surface area contributed by atoms with E-state index in [1.165, 1.54) is 0 Å². The fourth-order valence-electron chi connectivity index (χ4n) is 3.70. The Kier molecular flexibility index (Phi) is 8.83. The molecule has 8 nitrogen and oxygen atoms in total. The van der Waals surface area contributed by atoms with E-state index in [1.54, 1.807) is 0 Å². The lowest BCUT2D eigenvalue weighted by Crippen LogP contribution is -2.66. The first-order valence-corrected chi connectivity index (χ1v) is 11.5. The largest absolute Gasteiger partial charge is 0.493 e. The second-order valence-corrected chi connectivity index (χ2v) is 8.26. The fraction of sp³-hybridized carbons (Fsp3) is 0.259. The number of benzene rings is 2. The van der Waals surface area contributed by atoms with E-state index in [1.807, 2.05) is 48.5 Å². The molecule has 0 saturated heterocycles. The molecule has 0 heterocycles. The number of rotatable bonds is 12. The zero-order valence-electron chi connectivity index (χ0n) is 19.6. The van der Waals surface area contributed by atoms with Crippen LogP contribution in [0.2, 0.25) is 0 Å². The molecule has 0 aromatic heterocycles. The normalized spacial score (nSPS) is 13.9. The van der Waals surface area contributed by atoms with Crippen LogP contribution in [-0.4, -0.2) is 48.5 Å². The molecule has 184 valence electrons. The van der Waals surface area contributed by atoms with Crippen molar-refractivity contribution in [2.75, 3.05) is 26.3 Å². The maximum Gasteiger partial charge on any atom is 0.306 e. The van der Waals surface area contributed by atoms with Crippen LogP contribution in [0.5, 0.6) is 11.5 Å². The van der Waals surface area contributed by atoms with Crippen molar-refractivity contribution in [1.29, 1.82) is 0 Å². The molecule has 2 aromatic rings. The maximum absolute atomic E-state index is 10.7. The number of carboxylic acid groups (broad SMARTS) is 2. The molecule has 0 radical (unpaired) electrons. The summed E-state index contributed by atoms with van der Waals surface area (Å²) in [4.78, 5) is 21.4.